The molecule has 0 bridgehead atoms. The van der Waals surface area contributed by atoms with E-state index in [1.165, 1.54) is 47.9 Å². The zero-order valence-corrected chi connectivity index (χ0v) is 47.4. The molecule has 2 heterocycles. The Labute approximate surface area is 474 Å². The van der Waals surface area contributed by atoms with Crippen LogP contribution in [0.5, 0.6) is 5.75 Å². The van der Waals surface area contributed by atoms with Crippen LogP contribution in [-0.4, -0.2) is 19.6 Å². The number of phenolic OH excluding ortho intramolecular Hbond substituents is 1. The molecule has 4 nitrogen and oxygen atoms in total. The van der Waals surface area contributed by atoms with E-state index in [1.807, 2.05) is 36.5 Å². The van der Waals surface area contributed by atoms with Crippen molar-refractivity contribution in [1.29, 1.82) is 0 Å². The fraction of sp³-hybridized carbons (Fsp3) is 0.178. The number of imidazole rings is 1. The van der Waals surface area contributed by atoms with Crippen LogP contribution in [-0.2, 0) is 38.3 Å². The van der Waals surface area contributed by atoms with Gasteiger partial charge in [0.05, 0.1) is 22.3 Å². The summed E-state index contributed by atoms with van der Waals surface area (Å²) in [4.78, 5) is 10.8. The molecule has 5 heteroatoms. The molecule has 2 aromatic heterocycles. The van der Waals surface area contributed by atoms with E-state index in [0.29, 0.717) is 17.3 Å². The van der Waals surface area contributed by atoms with Crippen molar-refractivity contribution in [3.05, 3.63) is 253 Å². The molecule has 0 unspecified atom stereocenters. The van der Waals surface area contributed by atoms with Gasteiger partial charge in [0.15, 0.2) is 0 Å². The van der Waals surface area contributed by atoms with Crippen LogP contribution in [0.25, 0.3) is 95.0 Å². The number of benzene rings is 9. The summed E-state index contributed by atoms with van der Waals surface area (Å²) in [5.74, 6) is 1.53. The molecule has 0 aliphatic heterocycles. The number of fused-ring (bicyclic) bond motifs is 1. The number of aromatic nitrogens is 3. The normalized spacial score (nSPS) is 12.9. The van der Waals surface area contributed by atoms with Gasteiger partial charge in [-0.2, -0.15) is 0 Å². The van der Waals surface area contributed by atoms with Crippen LogP contribution >= 0.6 is 0 Å². The van der Waals surface area contributed by atoms with Crippen LogP contribution in [0.4, 0.5) is 0 Å². The van der Waals surface area contributed by atoms with Gasteiger partial charge in [-0.05, 0) is 98.2 Å². The van der Waals surface area contributed by atoms with Crippen molar-refractivity contribution in [3.63, 3.8) is 0 Å². The number of nitrogens with zero attached hydrogens (tertiary/aromatic N) is 3. The summed E-state index contributed by atoms with van der Waals surface area (Å²) >= 11 is 0. The SMILES string of the molecule is CC(C)(C)c1cc(-c2cc(-c3cccc(C(C)(C)c4ccccc4)c3)ccn2)[c-]c(-c2cccc3c2nc(-c2cccc(-c4ccccc4-c4ccccc4)c2O)n3-c2ccc(CC3CCCC3)cc2-c2ccccc2)c1.[Pt]. The molecule has 0 radical (unpaired) electrons. The van der Waals surface area contributed by atoms with E-state index in [0.717, 1.165) is 90.0 Å². The molecule has 12 rings (SSSR count). The monoisotopic (exact) mass is 1190 g/mol. The maximum Gasteiger partial charge on any atom is 0.148 e. The van der Waals surface area contributed by atoms with Crippen LogP contribution in [0.15, 0.2) is 225 Å². The Bertz CT molecular complexity index is 3920. The van der Waals surface area contributed by atoms with Gasteiger partial charge in [-0.15, -0.1) is 29.3 Å². The molecule has 0 saturated heterocycles. The first-order chi connectivity index (χ1) is 37.5. The first kappa shape index (κ1) is 52.2. The summed E-state index contributed by atoms with van der Waals surface area (Å²) < 4.78 is 2.29. The van der Waals surface area contributed by atoms with Gasteiger partial charge in [0.25, 0.3) is 0 Å². The average molecular weight is 1190 g/mol. The van der Waals surface area contributed by atoms with Gasteiger partial charge >= 0.3 is 0 Å². The Morgan fingerprint density at radius 2 is 1.08 bits per heavy atom. The van der Waals surface area contributed by atoms with Crippen LogP contribution < -0.4 is 0 Å². The van der Waals surface area contributed by atoms with Gasteiger partial charge < -0.3 is 5.11 Å². The molecule has 388 valence electrons. The van der Waals surface area contributed by atoms with Crippen LogP contribution in [0.2, 0.25) is 0 Å². The minimum Gasteiger partial charge on any atom is -0.507 e. The van der Waals surface area contributed by atoms with E-state index in [1.54, 1.807) is 0 Å². The second-order valence-electron chi connectivity index (χ2n) is 22.6. The smallest absolute Gasteiger partial charge is 0.148 e. The molecule has 11 aromatic rings. The predicted molar refractivity (Wildman–Crippen MR) is 320 cm³/mol. The minimum atomic E-state index is -0.195. The molecule has 0 amide bonds. The fourth-order valence-corrected chi connectivity index (χ4v) is 11.7. The van der Waals surface area contributed by atoms with Crippen molar-refractivity contribution < 1.29 is 26.2 Å². The first-order valence-electron chi connectivity index (χ1n) is 27.4. The van der Waals surface area contributed by atoms with Gasteiger partial charge in [0.2, 0.25) is 0 Å². The van der Waals surface area contributed by atoms with Crippen molar-refractivity contribution in [2.75, 3.05) is 0 Å². The van der Waals surface area contributed by atoms with Gasteiger partial charge in [-0.1, -0.05) is 247 Å². The maximum absolute atomic E-state index is 12.9. The van der Waals surface area contributed by atoms with Gasteiger partial charge in [-0.3, -0.25) is 9.55 Å². The molecular formula is C73H64N3OPt-. The summed E-state index contributed by atoms with van der Waals surface area (Å²) in [5, 5.41) is 12.9. The summed E-state index contributed by atoms with van der Waals surface area (Å²) in [6, 6.07) is 81.5. The van der Waals surface area contributed by atoms with Crippen molar-refractivity contribution in [1.82, 2.24) is 14.5 Å². The average Bonchev–Trinajstić information content (AvgIpc) is 4.34. The van der Waals surface area contributed by atoms with Gasteiger partial charge in [0.1, 0.15) is 11.6 Å². The molecule has 78 heavy (non-hydrogen) atoms. The number of para-hydroxylation sites is 2. The summed E-state index contributed by atoms with van der Waals surface area (Å²) in [6.07, 6.45) is 8.16. The van der Waals surface area contributed by atoms with Gasteiger partial charge in [0, 0.05) is 49.5 Å². The molecule has 1 aliphatic carbocycles. The number of hydrogen-bond donors (Lipinski definition) is 1. The first-order valence-corrected chi connectivity index (χ1v) is 27.4. The zero-order chi connectivity index (χ0) is 52.7. The van der Waals surface area contributed by atoms with Crippen molar-refractivity contribution in [3.8, 4) is 89.7 Å². The molecule has 1 N–H and O–H groups in total. The topological polar surface area (TPSA) is 50.9 Å². The van der Waals surface area contributed by atoms with E-state index in [-0.39, 0.29) is 37.6 Å². The molecule has 1 aliphatic rings. The predicted octanol–water partition coefficient (Wildman–Crippen LogP) is 18.9. The number of phenols is 1. The molecule has 1 saturated carbocycles. The van der Waals surface area contributed by atoms with E-state index >= 15 is 0 Å². The van der Waals surface area contributed by atoms with Crippen LogP contribution in [0.3, 0.4) is 0 Å². The van der Waals surface area contributed by atoms with Crippen molar-refractivity contribution in [2.45, 2.75) is 77.6 Å². The standard InChI is InChI=1S/C73H64N3O.Pt/c1-72(2,3)59-46-55(44-56(47-59)66-48-54(40-41-74-66)53-28-19-31-58(45-53)73(4,5)57-29-13-8-14-30-57)61-34-21-37-68-69(61)75-71(64-36-20-35-63(70(64)77)62-33-18-17-32-60(62)51-24-9-6-10-25-51)76(68)67-39-38-50(42-49-22-15-16-23-49)43-65(67)52-26-11-7-12-27-52;/h6-14,17-21,24-41,43,45-49,77H,15-16,22-23,42H2,1-5H3;/q-1;. The number of rotatable bonds is 12. The van der Waals surface area contributed by atoms with Gasteiger partial charge in [-0.25, -0.2) is 4.98 Å². The molecule has 0 atom stereocenters. The maximum atomic E-state index is 12.9. The second kappa shape index (κ2) is 21.8. The Kier molecular flexibility index (Phi) is 14.6. The molecule has 1 fully saturated rings. The Hall–Kier alpha value is -7.91. The Morgan fingerprint density at radius 1 is 0.500 bits per heavy atom. The number of hydrogen-bond acceptors (Lipinski definition) is 3. The third-order valence-electron chi connectivity index (χ3n) is 16.1. The number of aromatic hydroxyl groups is 1. The van der Waals surface area contributed by atoms with Crippen LogP contribution in [0.1, 0.15) is 82.6 Å². The number of pyridine rings is 1. The second-order valence-corrected chi connectivity index (χ2v) is 22.6. The zero-order valence-electron chi connectivity index (χ0n) is 45.1. The largest absolute Gasteiger partial charge is 0.507 e. The molecule has 9 aromatic carbocycles. The minimum absolute atomic E-state index is 0. The third kappa shape index (κ3) is 10.2. The summed E-state index contributed by atoms with van der Waals surface area (Å²) in [7, 11) is 0. The summed E-state index contributed by atoms with van der Waals surface area (Å²) in [5.41, 5.74) is 20.0. The Morgan fingerprint density at radius 3 is 1.81 bits per heavy atom. The quantitative estimate of drug-likeness (QED) is 0.124. The van der Waals surface area contributed by atoms with E-state index in [2.05, 4.69) is 233 Å². The molecular weight excluding hydrogens is 1130 g/mol. The van der Waals surface area contributed by atoms with Crippen molar-refractivity contribution >= 4 is 11.0 Å². The Balaban J connectivity index is 0.00000645. The van der Waals surface area contributed by atoms with E-state index in [9.17, 15) is 5.11 Å². The third-order valence-corrected chi connectivity index (χ3v) is 16.1. The fourth-order valence-electron chi connectivity index (χ4n) is 11.7. The summed E-state index contributed by atoms with van der Waals surface area (Å²) in [6.45, 7) is 11.4. The van der Waals surface area contributed by atoms with E-state index < -0.39 is 0 Å². The van der Waals surface area contributed by atoms with Crippen molar-refractivity contribution in [2.24, 2.45) is 5.92 Å². The van der Waals surface area contributed by atoms with E-state index in [4.69, 9.17) is 9.97 Å². The van der Waals surface area contributed by atoms with Crippen LogP contribution in [0, 0.1) is 12.0 Å². The molecule has 0 spiro atoms.